The Kier molecular flexibility index (Phi) is 0.855. The maximum atomic E-state index is 4.66. The Morgan fingerprint density at radius 2 is 2.29 bits per heavy atom. The first-order valence-corrected chi connectivity index (χ1v) is 2.11. The first-order chi connectivity index (χ1) is 3.30. The van der Waals surface area contributed by atoms with E-state index in [4.69, 9.17) is 0 Å². The first-order valence-electron chi connectivity index (χ1n) is 2.11. The Hall–Kier alpha value is -0.790. The fourth-order valence-electron chi connectivity index (χ4n) is 0.307. The highest BCUT2D eigenvalue weighted by Crippen LogP contribution is 1.99. The molecule has 1 rings (SSSR count). The van der Waals surface area contributed by atoms with Crippen LogP contribution < -0.4 is 0 Å². The molecule has 0 amide bonds. The Morgan fingerprint density at radius 3 is 2.43 bits per heavy atom. The SMILES string of the molecule is Cc1[c]noc1C. The van der Waals surface area contributed by atoms with Gasteiger partial charge in [0.25, 0.3) is 0 Å². The lowest BCUT2D eigenvalue weighted by Gasteiger charge is -1.75. The topological polar surface area (TPSA) is 26.0 Å². The van der Waals surface area contributed by atoms with E-state index >= 15 is 0 Å². The van der Waals surface area contributed by atoms with Gasteiger partial charge in [0.05, 0.1) is 0 Å². The highest BCUT2D eigenvalue weighted by molar-refractivity contribution is 5.05. The van der Waals surface area contributed by atoms with Crippen molar-refractivity contribution in [3.63, 3.8) is 0 Å². The second-order valence-corrected chi connectivity index (χ2v) is 1.48. The molecular formula is C5H6NO. The molecule has 0 bridgehead atoms. The van der Waals surface area contributed by atoms with Crippen LogP contribution in [-0.2, 0) is 0 Å². The van der Waals surface area contributed by atoms with Crippen LogP contribution in [0, 0.1) is 20.0 Å². The van der Waals surface area contributed by atoms with Crippen molar-refractivity contribution in [3.05, 3.63) is 17.5 Å². The zero-order chi connectivity index (χ0) is 5.28. The summed E-state index contributed by atoms with van der Waals surface area (Å²) in [5, 5.41) is 3.42. The van der Waals surface area contributed by atoms with Crippen LogP contribution in [0.2, 0.25) is 0 Å². The Labute approximate surface area is 42.1 Å². The molecule has 2 heteroatoms. The van der Waals surface area contributed by atoms with E-state index in [1.54, 1.807) is 0 Å². The maximum absolute atomic E-state index is 4.66. The average molecular weight is 96.1 g/mol. The molecule has 1 heterocycles. The molecule has 7 heavy (non-hydrogen) atoms. The molecule has 0 N–H and O–H groups in total. The summed E-state index contributed by atoms with van der Waals surface area (Å²) < 4.78 is 4.66. The van der Waals surface area contributed by atoms with Gasteiger partial charge >= 0.3 is 0 Å². The lowest BCUT2D eigenvalue weighted by molar-refractivity contribution is 0.395. The summed E-state index contributed by atoms with van der Waals surface area (Å²) in [7, 11) is 0. The normalized spacial score (nSPS) is 9.43. The molecular weight excluding hydrogens is 90.1 g/mol. The molecule has 0 atom stereocenters. The number of hydrogen-bond donors (Lipinski definition) is 0. The molecule has 0 fully saturated rings. The van der Waals surface area contributed by atoms with Crippen molar-refractivity contribution in [2.75, 3.05) is 0 Å². The van der Waals surface area contributed by atoms with E-state index in [1.807, 2.05) is 13.8 Å². The van der Waals surface area contributed by atoms with E-state index < -0.39 is 0 Å². The van der Waals surface area contributed by atoms with E-state index in [9.17, 15) is 0 Å². The molecule has 37 valence electrons. The first kappa shape index (κ1) is 4.37. The van der Waals surface area contributed by atoms with E-state index in [0.717, 1.165) is 11.3 Å². The maximum Gasteiger partial charge on any atom is 0.139 e. The third-order valence-electron chi connectivity index (χ3n) is 0.924. The lowest BCUT2D eigenvalue weighted by atomic mass is 10.3. The van der Waals surface area contributed by atoms with Gasteiger partial charge in [0.2, 0.25) is 0 Å². The third kappa shape index (κ3) is 0.633. The van der Waals surface area contributed by atoms with Gasteiger partial charge in [0, 0.05) is 5.56 Å². The number of aromatic nitrogens is 1. The quantitative estimate of drug-likeness (QED) is 0.483. The van der Waals surface area contributed by atoms with Crippen LogP contribution in [0.3, 0.4) is 0 Å². The van der Waals surface area contributed by atoms with Crippen molar-refractivity contribution in [3.8, 4) is 0 Å². The van der Waals surface area contributed by atoms with Crippen LogP contribution in [0.15, 0.2) is 4.52 Å². The van der Waals surface area contributed by atoms with Gasteiger partial charge in [-0.15, -0.1) is 0 Å². The largest absolute Gasteiger partial charge is 0.361 e. The Balaban J connectivity index is 3.12. The summed E-state index contributed by atoms with van der Waals surface area (Å²) in [4.78, 5) is 0. The Morgan fingerprint density at radius 1 is 1.57 bits per heavy atom. The van der Waals surface area contributed by atoms with E-state index in [2.05, 4.69) is 15.9 Å². The minimum atomic E-state index is 0.847. The van der Waals surface area contributed by atoms with Crippen LogP contribution in [0.25, 0.3) is 0 Å². The summed E-state index contributed by atoms with van der Waals surface area (Å²) in [5.41, 5.74) is 0.986. The summed E-state index contributed by atoms with van der Waals surface area (Å²) in [6.45, 7) is 3.77. The summed E-state index contributed by atoms with van der Waals surface area (Å²) in [5.74, 6) is 0.847. The molecule has 0 saturated carbocycles. The van der Waals surface area contributed by atoms with Gasteiger partial charge in [-0.1, -0.05) is 5.16 Å². The molecule has 0 aliphatic rings. The van der Waals surface area contributed by atoms with Crippen LogP contribution >= 0.6 is 0 Å². The molecule has 0 unspecified atom stereocenters. The molecule has 1 aromatic rings. The summed E-state index contributed by atoms with van der Waals surface area (Å²) >= 11 is 0. The third-order valence-corrected chi connectivity index (χ3v) is 0.924. The fraction of sp³-hybridized carbons (Fsp3) is 0.400. The van der Waals surface area contributed by atoms with Crippen LogP contribution in [0.4, 0.5) is 0 Å². The highest BCUT2D eigenvalue weighted by Gasteiger charge is 1.92. The molecule has 1 radical (unpaired) electrons. The number of nitrogens with zero attached hydrogens (tertiary/aromatic N) is 1. The van der Waals surface area contributed by atoms with Crippen LogP contribution in [0.1, 0.15) is 11.3 Å². The van der Waals surface area contributed by atoms with Gasteiger partial charge < -0.3 is 4.52 Å². The van der Waals surface area contributed by atoms with Crippen molar-refractivity contribution in [1.82, 2.24) is 5.16 Å². The predicted octanol–water partition coefficient (Wildman–Crippen LogP) is 1.09. The van der Waals surface area contributed by atoms with E-state index in [0.29, 0.717) is 0 Å². The van der Waals surface area contributed by atoms with Gasteiger partial charge in [-0.25, -0.2) is 0 Å². The standard InChI is InChI=1S/C5H6NO/c1-4-3-6-7-5(4)2/h1-2H3. The van der Waals surface area contributed by atoms with Gasteiger partial charge in [-0.05, 0) is 13.8 Å². The molecule has 0 saturated heterocycles. The second-order valence-electron chi connectivity index (χ2n) is 1.48. The number of aryl methyl sites for hydroxylation is 2. The number of hydrogen-bond acceptors (Lipinski definition) is 2. The molecule has 0 aromatic carbocycles. The lowest BCUT2D eigenvalue weighted by Crippen LogP contribution is -1.64. The Bertz CT molecular complexity index is 140. The minimum absolute atomic E-state index is 0.847. The molecule has 0 aliphatic carbocycles. The van der Waals surface area contributed by atoms with E-state index in [1.165, 1.54) is 0 Å². The second kappa shape index (κ2) is 1.37. The van der Waals surface area contributed by atoms with Crippen molar-refractivity contribution < 1.29 is 4.52 Å². The fourth-order valence-corrected chi connectivity index (χ4v) is 0.307. The van der Waals surface area contributed by atoms with Crippen LogP contribution in [-0.4, -0.2) is 5.16 Å². The molecule has 2 nitrogen and oxygen atoms in total. The van der Waals surface area contributed by atoms with Crippen molar-refractivity contribution in [1.29, 1.82) is 0 Å². The molecule has 1 aromatic heterocycles. The predicted molar refractivity (Wildman–Crippen MR) is 24.8 cm³/mol. The highest BCUT2D eigenvalue weighted by atomic mass is 16.5. The van der Waals surface area contributed by atoms with Crippen molar-refractivity contribution in [2.45, 2.75) is 13.8 Å². The van der Waals surface area contributed by atoms with Crippen molar-refractivity contribution in [2.24, 2.45) is 0 Å². The van der Waals surface area contributed by atoms with Gasteiger partial charge in [-0.2, -0.15) is 0 Å². The summed E-state index contributed by atoms with van der Waals surface area (Å²) in [6, 6.07) is 0. The van der Waals surface area contributed by atoms with Gasteiger partial charge in [0.15, 0.2) is 0 Å². The number of rotatable bonds is 0. The zero-order valence-electron chi connectivity index (χ0n) is 4.36. The van der Waals surface area contributed by atoms with Gasteiger partial charge in [0.1, 0.15) is 12.0 Å². The smallest absolute Gasteiger partial charge is 0.139 e. The van der Waals surface area contributed by atoms with Crippen LogP contribution in [0.5, 0.6) is 0 Å². The van der Waals surface area contributed by atoms with Crippen molar-refractivity contribution >= 4 is 0 Å². The zero-order valence-corrected chi connectivity index (χ0v) is 4.36. The molecule has 0 aliphatic heterocycles. The monoisotopic (exact) mass is 96.0 g/mol. The average Bonchev–Trinajstić information content (AvgIpc) is 1.91. The molecule has 0 spiro atoms. The van der Waals surface area contributed by atoms with E-state index in [-0.39, 0.29) is 0 Å². The van der Waals surface area contributed by atoms with Gasteiger partial charge in [-0.3, -0.25) is 0 Å². The minimum Gasteiger partial charge on any atom is -0.361 e. The summed E-state index contributed by atoms with van der Waals surface area (Å²) in [6.07, 6.45) is 2.65.